The summed E-state index contributed by atoms with van der Waals surface area (Å²) >= 11 is 3.30. The van der Waals surface area contributed by atoms with Crippen LogP contribution in [0.15, 0.2) is 29.2 Å². The number of carbonyl (C=O) groups excluding carboxylic acids is 1. The molecule has 5 nitrogen and oxygen atoms in total. The standard InChI is InChI=1S/C16H18N4OS2/c1-10-11(2)23-16(18-10)14(6-12-4-5-22-9-12)19-15(21)13-7-17-20(3)8-13/h4-5,7-9,14H,6H2,1-3H3,(H,19,21)/t14-/m0/s1. The SMILES string of the molecule is Cc1nc([C@H](Cc2ccsc2)NC(=O)c2cnn(C)c2)sc1C. The second kappa shape index (κ2) is 6.64. The van der Waals surface area contributed by atoms with Gasteiger partial charge >= 0.3 is 0 Å². The second-order valence-corrected chi connectivity index (χ2v) is 7.47. The first-order valence-corrected chi connectivity index (χ1v) is 9.03. The van der Waals surface area contributed by atoms with E-state index >= 15 is 0 Å². The van der Waals surface area contributed by atoms with Crippen molar-refractivity contribution in [2.75, 3.05) is 0 Å². The first-order valence-electron chi connectivity index (χ1n) is 7.27. The van der Waals surface area contributed by atoms with Gasteiger partial charge in [0.2, 0.25) is 0 Å². The van der Waals surface area contributed by atoms with Crippen molar-refractivity contribution < 1.29 is 4.79 Å². The molecule has 1 N–H and O–H groups in total. The molecule has 3 aromatic heterocycles. The summed E-state index contributed by atoms with van der Waals surface area (Å²) < 4.78 is 1.63. The molecule has 0 spiro atoms. The highest BCUT2D eigenvalue weighted by Gasteiger charge is 2.21. The third-order valence-corrected chi connectivity index (χ3v) is 5.55. The van der Waals surface area contributed by atoms with Crippen LogP contribution in [-0.4, -0.2) is 20.7 Å². The van der Waals surface area contributed by atoms with E-state index in [1.54, 1.807) is 46.8 Å². The molecule has 0 aliphatic heterocycles. The van der Waals surface area contributed by atoms with Crippen LogP contribution in [-0.2, 0) is 13.5 Å². The third-order valence-electron chi connectivity index (χ3n) is 3.64. The summed E-state index contributed by atoms with van der Waals surface area (Å²) in [5, 5.41) is 12.3. The molecule has 0 aliphatic carbocycles. The average Bonchev–Trinajstić information content (AvgIpc) is 3.22. The van der Waals surface area contributed by atoms with E-state index in [-0.39, 0.29) is 11.9 Å². The molecule has 23 heavy (non-hydrogen) atoms. The Labute approximate surface area is 143 Å². The van der Waals surface area contributed by atoms with Crippen molar-refractivity contribution in [3.8, 4) is 0 Å². The molecule has 3 rings (SSSR count). The van der Waals surface area contributed by atoms with Gasteiger partial charge in [-0.3, -0.25) is 9.48 Å². The summed E-state index contributed by atoms with van der Waals surface area (Å²) in [6.07, 6.45) is 4.03. The zero-order chi connectivity index (χ0) is 16.4. The van der Waals surface area contributed by atoms with Gasteiger partial charge < -0.3 is 5.32 Å². The van der Waals surface area contributed by atoms with E-state index in [0.29, 0.717) is 5.56 Å². The molecule has 3 aromatic rings. The number of thiazole rings is 1. The van der Waals surface area contributed by atoms with Crippen LogP contribution in [0.4, 0.5) is 0 Å². The summed E-state index contributed by atoms with van der Waals surface area (Å²) in [7, 11) is 1.80. The molecule has 3 heterocycles. The topological polar surface area (TPSA) is 59.8 Å². The molecular formula is C16H18N4OS2. The van der Waals surface area contributed by atoms with Crippen molar-refractivity contribution in [3.63, 3.8) is 0 Å². The highest BCUT2D eigenvalue weighted by atomic mass is 32.1. The first-order chi connectivity index (χ1) is 11.0. The summed E-state index contributed by atoms with van der Waals surface area (Å²) in [6.45, 7) is 4.06. The van der Waals surface area contributed by atoms with Gasteiger partial charge in [0.25, 0.3) is 5.91 Å². The third kappa shape index (κ3) is 3.68. The van der Waals surface area contributed by atoms with Crippen LogP contribution < -0.4 is 5.32 Å². The van der Waals surface area contributed by atoms with Gasteiger partial charge in [0.05, 0.1) is 23.5 Å². The first kappa shape index (κ1) is 15.9. The smallest absolute Gasteiger partial charge is 0.255 e. The lowest BCUT2D eigenvalue weighted by Crippen LogP contribution is -2.29. The number of thiophene rings is 1. The Hall–Kier alpha value is -1.99. The van der Waals surface area contributed by atoms with Crippen molar-refractivity contribution in [1.82, 2.24) is 20.1 Å². The number of hydrogen-bond donors (Lipinski definition) is 1. The fraction of sp³-hybridized carbons (Fsp3) is 0.312. The van der Waals surface area contributed by atoms with Crippen molar-refractivity contribution in [1.29, 1.82) is 0 Å². The minimum Gasteiger partial charge on any atom is -0.342 e. The van der Waals surface area contributed by atoms with Crippen molar-refractivity contribution >= 4 is 28.6 Å². The number of carbonyl (C=O) groups is 1. The van der Waals surface area contributed by atoms with Gasteiger partial charge in [-0.25, -0.2) is 4.98 Å². The fourth-order valence-corrected chi connectivity index (χ4v) is 3.93. The van der Waals surface area contributed by atoms with Gasteiger partial charge in [-0.15, -0.1) is 11.3 Å². The van der Waals surface area contributed by atoms with E-state index in [9.17, 15) is 4.79 Å². The molecule has 120 valence electrons. The van der Waals surface area contributed by atoms with Crippen molar-refractivity contribution in [3.05, 3.63) is 55.9 Å². The number of aromatic nitrogens is 3. The maximum Gasteiger partial charge on any atom is 0.255 e. The predicted molar refractivity (Wildman–Crippen MR) is 93.0 cm³/mol. The Morgan fingerprint density at radius 3 is 2.83 bits per heavy atom. The molecule has 0 bridgehead atoms. The molecule has 0 radical (unpaired) electrons. The molecule has 0 unspecified atom stereocenters. The van der Waals surface area contributed by atoms with Crippen LogP contribution in [0.2, 0.25) is 0 Å². The summed E-state index contributed by atoms with van der Waals surface area (Å²) in [5.41, 5.74) is 2.79. The molecule has 0 saturated carbocycles. The van der Waals surface area contributed by atoms with E-state index < -0.39 is 0 Å². The second-order valence-electron chi connectivity index (χ2n) is 5.46. The lowest BCUT2D eigenvalue weighted by molar-refractivity contribution is 0.0936. The lowest BCUT2D eigenvalue weighted by Gasteiger charge is -2.15. The van der Waals surface area contributed by atoms with Crippen molar-refractivity contribution in [2.45, 2.75) is 26.3 Å². The number of amides is 1. The quantitative estimate of drug-likeness (QED) is 0.771. The molecule has 0 saturated heterocycles. The van der Waals surface area contributed by atoms with Gasteiger partial charge in [-0.1, -0.05) is 0 Å². The molecule has 1 amide bonds. The highest BCUT2D eigenvalue weighted by Crippen LogP contribution is 2.26. The zero-order valence-electron chi connectivity index (χ0n) is 13.2. The van der Waals surface area contributed by atoms with Gasteiger partial charge in [0.15, 0.2) is 0 Å². The van der Waals surface area contributed by atoms with E-state index in [2.05, 4.69) is 33.8 Å². The molecule has 7 heteroatoms. The predicted octanol–water partition coefficient (Wildman–Crippen LogP) is 3.27. The monoisotopic (exact) mass is 346 g/mol. The number of hydrogen-bond acceptors (Lipinski definition) is 5. The van der Waals surface area contributed by atoms with Crippen LogP contribution in [0.5, 0.6) is 0 Å². The average molecular weight is 346 g/mol. The van der Waals surface area contributed by atoms with Crippen LogP contribution in [0.25, 0.3) is 0 Å². The zero-order valence-corrected chi connectivity index (χ0v) is 14.9. The summed E-state index contributed by atoms with van der Waals surface area (Å²) in [6, 6.07) is 1.95. The number of nitrogens with zero attached hydrogens (tertiary/aromatic N) is 3. The maximum absolute atomic E-state index is 12.5. The normalized spacial score (nSPS) is 12.3. The van der Waals surface area contributed by atoms with Crippen LogP contribution in [0.1, 0.15) is 37.5 Å². The number of rotatable bonds is 5. The number of nitrogens with one attached hydrogen (secondary N) is 1. The molecule has 1 atom stereocenters. The fourth-order valence-electron chi connectivity index (χ4n) is 2.27. The Balaban J connectivity index is 1.83. The number of aryl methyl sites for hydroxylation is 3. The van der Waals surface area contributed by atoms with E-state index in [1.165, 1.54) is 10.4 Å². The Kier molecular flexibility index (Phi) is 4.58. The van der Waals surface area contributed by atoms with Crippen LogP contribution >= 0.6 is 22.7 Å². The van der Waals surface area contributed by atoms with Gasteiger partial charge in [-0.05, 0) is 36.2 Å². The lowest BCUT2D eigenvalue weighted by atomic mass is 10.1. The van der Waals surface area contributed by atoms with E-state index in [1.807, 2.05) is 12.3 Å². The van der Waals surface area contributed by atoms with E-state index in [4.69, 9.17) is 0 Å². The Morgan fingerprint density at radius 2 is 2.26 bits per heavy atom. The Bertz CT molecular complexity index is 785. The molecule has 0 aromatic carbocycles. The maximum atomic E-state index is 12.5. The molecule has 0 aliphatic rings. The minimum absolute atomic E-state index is 0.121. The minimum atomic E-state index is -0.130. The van der Waals surface area contributed by atoms with Crippen LogP contribution in [0.3, 0.4) is 0 Å². The largest absolute Gasteiger partial charge is 0.342 e. The van der Waals surface area contributed by atoms with Gasteiger partial charge in [-0.2, -0.15) is 16.4 Å². The molecule has 0 fully saturated rings. The van der Waals surface area contributed by atoms with Gasteiger partial charge in [0, 0.05) is 24.5 Å². The molecular weight excluding hydrogens is 328 g/mol. The van der Waals surface area contributed by atoms with Gasteiger partial charge in [0.1, 0.15) is 5.01 Å². The van der Waals surface area contributed by atoms with Crippen LogP contribution in [0, 0.1) is 13.8 Å². The Morgan fingerprint density at radius 1 is 1.43 bits per heavy atom. The van der Waals surface area contributed by atoms with Crippen molar-refractivity contribution in [2.24, 2.45) is 7.05 Å². The highest BCUT2D eigenvalue weighted by molar-refractivity contribution is 7.11. The summed E-state index contributed by atoms with van der Waals surface area (Å²) in [4.78, 5) is 18.3. The summed E-state index contributed by atoms with van der Waals surface area (Å²) in [5.74, 6) is -0.121. The van der Waals surface area contributed by atoms with E-state index in [0.717, 1.165) is 17.1 Å².